The molecule has 0 radical (unpaired) electrons. The van der Waals surface area contributed by atoms with Crippen molar-refractivity contribution in [1.29, 1.82) is 0 Å². The average Bonchev–Trinajstić information content (AvgIpc) is 2.26. The fraction of sp³-hybridized carbons (Fsp3) is 0.300. The van der Waals surface area contributed by atoms with Gasteiger partial charge >= 0.3 is 5.97 Å². The Balaban J connectivity index is 3.01. The van der Waals surface area contributed by atoms with E-state index in [0.29, 0.717) is 5.02 Å². The summed E-state index contributed by atoms with van der Waals surface area (Å²) >= 11 is 5.62. The summed E-state index contributed by atoms with van der Waals surface area (Å²) in [6.07, 6.45) is -1.36. The monoisotopic (exact) mass is 293 g/mol. The van der Waals surface area contributed by atoms with Crippen molar-refractivity contribution in [2.24, 2.45) is 0 Å². The first-order valence-corrected chi connectivity index (χ1v) is 6.79. The largest absolute Gasteiger partial charge is 0.480 e. The summed E-state index contributed by atoms with van der Waals surface area (Å²) in [7, 11) is -4.02. The molecule has 0 aliphatic carbocycles. The third kappa shape index (κ3) is 3.67. The summed E-state index contributed by atoms with van der Waals surface area (Å²) < 4.78 is 25.6. The standard InChI is InChI=1S/C10H12ClNO5S/c1-6(13)9(10(14)15)12-18(16,17)8-4-2-7(11)3-5-8/h2-6,9,12-13H,1H3,(H,14,15)/t6?,9-/m0/s1. The van der Waals surface area contributed by atoms with Gasteiger partial charge in [0.05, 0.1) is 11.0 Å². The molecule has 0 saturated heterocycles. The molecule has 100 valence electrons. The Morgan fingerprint density at radius 1 is 1.33 bits per heavy atom. The van der Waals surface area contributed by atoms with Crippen LogP contribution in [0.2, 0.25) is 5.02 Å². The Morgan fingerprint density at radius 2 is 1.83 bits per heavy atom. The maximum absolute atomic E-state index is 11.8. The highest BCUT2D eigenvalue weighted by Gasteiger charge is 2.29. The summed E-state index contributed by atoms with van der Waals surface area (Å²) in [5.41, 5.74) is 0. The number of nitrogens with one attached hydrogen (secondary N) is 1. The number of hydrogen-bond donors (Lipinski definition) is 3. The maximum Gasteiger partial charge on any atom is 0.324 e. The first-order valence-electron chi connectivity index (χ1n) is 4.93. The maximum atomic E-state index is 11.8. The van der Waals surface area contributed by atoms with Gasteiger partial charge in [0.15, 0.2) is 0 Å². The van der Waals surface area contributed by atoms with Gasteiger partial charge in [0.1, 0.15) is 6.04 Å². The summed E-state index contributed by atoms with van der Waals surface area (Å²) in [5.74, 6) is -1.46. The zero-order valence-electron chi connectivity index (χ0n) is 9.37. The van der Waals surface area contributed by atoms with Crippen molar-refractivity contribution in [3.05, 3.63) is 29.3 Å². The van der Waals surface area contributed by atoms with Crippen LogP contribution in [0.1, 0.15) is 6.92 Å². The first kappa shape index (κ1) is 14.9. The van der Waals surface area contributed by atoms with Gasteiger partial charge in [-0.15, -0.1) is 0 Å². The lowest BCUT2D eigenvalue weighted by atomic mass is 10.2. The Kier molecular flexibility index (Phi) is 4.69. The Morgan fingerprint density at radius 3 is 2.22 bits per heavy atom. The van der Waals surface area contributed by atoms with Crippen molar-refractivity contribution in [2.75, 3.05) is 0 Å². The number of rotatable bonds is 5. The van der Waals surface area contributed by atoms with Crippen LogP contribution in [0.25, 0.3) is 0 Å². The van der Waals surface area contributed by atoms with Crippen LogP contribution in [0.5, 0.6) is 0 Å². The fourth-order valence-electron chi connectivity index (χ4n) is 1.20. The van der Waals surface area contributed by atoms with E-state index in [1.165, 1.54) is 31.2 Å². The topological polar surface area (TPSA) is 104 Å². The minimum atomic E-state index is -4.02. The number of halogens is 1. The Hall–Kier alpha value is -1.15. The number of benzene rings is 1. The van der Waals surface area contributed by atoms with E-state index in [-0.39, 0.29) is 4.90 Å². The van der Waals surface area contributed by atoms with Crippen molar-refractivity contribution in [2.45, 2.75) is 24.0 Å². The molecule has 0 spiro atoms. The quantitative estimate of drug-likeness (QED) is 0.731. The zero-order valence-corrected chi connectivity index (χ0v) is 10.9. The molecular weight excluding hydrogens is 282 g/mol. The van der Waals surface area contributed by atoms with E-state index in [2.05, 4.69) is 0 Å². The van der Waals surface area contributed by atoms with E-state index in [1.54, 1.807) is 0 Å². The van der Waals surface area contributed by atoms with Crippen LogP contribution in [0.4, 0.5) is 0 Å². The number of carboxylic acids is 1. The van der Waals surface area contributed by atoms with Gasteiger partial charge < -0.3 is 10.2 Å². The average molecular weight is 294 g/mol. The number of carbonyl (C=O) groups is 1. The van der Waals surface area contributed by atoms with Gasteiger partial charge in [0, 0.05) is 5.02 Å². The van der Waals surface area contributed by atoms with Crippen LogP contribution in [0, 0.1) is 0 Å². The summed E-state index contributed by atoms with van der Waals surface area (Å²) in [5, 5.41) is 18.4. The second-order valence-electron chi connectivity index (χ2n) is 3.63. The van der Waals surface area contributed by atoms with E-state index in [0.717, 1.165) is 0 Å². The molecule has 0 aliphatic heterocycles. The van der Waals surface area contributed by atoms with Gasteiger partial charge in [0.25, 0.3) is 0 Å². The molecule has 0 saturated carbocycles. The normalized spacial score (nSPS) is 15.1. The van der Waals surface area contributed by atoms with Crippen molar-refractivity contribution < 1.29 is 23.4 Å². The molecule has 0 aromatic heterocycles. The molecule has 0 heterocycles. The van der Waals surface area contributed by atoms with E-state index >= 15 is 0 Å². The van der Waals surface area contributed by atoms with Gasteiger partial charge in [-0.3, -0.25) is 4.79 Å². The summed E-state index contributed by atoms with van der Waals surface area (Å²) in [6.45, 7) is 1.18. The van der Waals surface area contributed by atoms with Crippen molar-refractivity contribution >= 4 is 27.6 Å². The van der Waals surface area contributed by atoms with Crippen LogP contribution in [0.3, 0.4) is 0 Å². The van der Waals surface area contributed by atoms with E-state index in [4.69, 9.17) is 16.7 Å². The molecule has 0 amide bonds. The molecule has 6 nitrogen and oxygen atoms in total. The number of carboxylic acid groups (broad SMARTS) is 1. The lowest BCUT2D eigenvalue weighted by molar-refractivity contribution is -0.141. The van der Waals surface area contributed by atoms with Crippen LogP contribution in [-0.2, 0) is 14.8 Å². The number of aliphatic carboxylic acids is 1. The Bertz CT molecular complexity index is 526. The molecule has 18 heavy (non-hydrogen) atoms. The van der Waals surface area contributed by atoms with E-state index in [9.17, 15) is 18.3 Å². The second-order valence-corrected chi connectivity index (χ2v) is 5.78. The summed E-state index contributed by atoms with van der Waals surface area (Å²) in [4.78, 5) is 10.7. The zero-order chi connectivity index (χ0) is 13.9. The molecular formula is C10H12ClNO5S. The van der Waals surface area contributed by atoms with Crippen molar-refractivity contribution in [3.8, 4) is 0 Å². The number of aliphatic hydroxyl groups is 1. The number of aliphatic hydroxyl groups excluding tert-OH is 1. The molecule has 2 atom stereocenters. The van der Waals surface area contributed by atoms with Crippen molar-refractivity contribution in [3.63, 3.8) is 0 Å². The lowest BCUT2D eigenvalue weighted by Gasteiger charge is -2.17. The highest BCUT2D eigenvalue weighted by Crippen LogP contribution is 2.14. The van der Waals surface area contributed by atoms with Crippen LogP contribution in [0.15, 0.2) is 29.2 Å². The number of hydrogen-bond acceptors (Lipinski definition) is 4. The van der Waals surface area contributed by atoms with Crippen molar-refractivity contribution in [1.82, 2.24) is 4.72 Å². The molecule has 3 N–H and O–H groups in total. The second kappa shape index (κ2) is 5.66. The minimum Gasteiger partial charge on any atom is -0.480 e. The van der Waals surface area contributed by atoms with Gasteiger partial charge in [-0.2, -0.15) is 4.72 Å². The van der Waals surface area contributed by atoms with Crippen LogP contribution < -0.4 is 4.72 Å². The lowest BCUT2D eigenvalue weighted by Crippen LogP contribution is -2.47. The SMILES string of the molecule is CC(O)[C@H](NS(=O)(=O)c1ccc(Cl)cc1)C(=O)O. The van der Waals surface area contributed by atoms with Gasteiger partial charge in [-0.25, -0.2) is 8.42 Å². The Labute approximate surface area is 109 Å². The molecule has 0 bridgehead atoms. The molecule has 8 heteroatoms. The summed E-state index contributed by atoms with van der Waals surface area (Å²) in [6, 6.07) is 3.62. The highest BCUT2D eigenvalue weighted by atomic mass is 35.5. The third-order valence-electron chi connectivity index (χ3n) is 2.15. The minimum absolute atomic E-state index is 0.126. The first-order chi connectivity index (χ1) is 8.24. The van der Waals surface area contributed by atoms with Gasteiger partial charge in [-0.1, -0.05) is 11.6 Å². The molecule has 0 fully saturated rings. The fourth-order valence-corrected chi connectivity index (χ4v) is 2.59. The molecule has 1 rings (SSSR count). The van der Waals surface area contributed by atoms with Crippen LogP contribution >= 0.6 is 11.6 Å². The molecule has 1 unspecified atom stereocenters. The number of sulfonamides is 1. The van der Waals surface area contributed by atoms with E-state index in [1.807, 2.05) is 4.72 Å². The van der Waals surface area contributed by atoms with Gasteiger partial charge in [0.2, 0.25) is 10.0 Å². The smallest absolute Gasteiger partial charge is 0.324 e. The third-order valence-corrected chi connectivity index (χ3v) is 3.86. The van der Waals surface area contributed by atoms with Gasteiger partial charge in [-0.05, 0) is 31.2 Å². The van der Waals surface area contributed by atoms with E-state index < -0.39 is 28.1 Å². The predicted molar refractivity (Wildman–Crippen MR) is 64.9 cm³/mol. The van der Waals surface area contributed by atoms with Crippen LogP contribution in [-0.4, -0.2) is 36.7 Å². The molecule has 0 aliphatic rings. The highest BCUT2D eigenvalue weighted by molar-refractivity contribution is 7.89. The molecule has 1 aromatic carbocycles. The predicted octanol–water partition coefficient (Wildman–Crippen LogP) is 0.452. The molecule has 1 aromatic rings.